The number of nitrogens with zero attached hydrogens (tertiary/aromatic N) is 5. The number of ether oxygens (including phenoxy) is 1. The van der Waals surface area contributed by atoms with Crippen molar-refractivity contribution in [2.75, 3.05) is 31.0 Å². The van der Waals surface area contributed by atoms with Gasteiger partial charge in [0.05, 0.1) is 11.1 Å². The third kappa shape index (κ3) is 7.38. The lowest BCUT2D eigenvalue weighted by atomic mass is 10.1. The van der Waals surface area contributed by atoms with Gasteiger partial charge in [0.1, 0.15) is 11.9 Å². The number of aromatic nitrogens is 3. The first-order valence-electron chi connectivity index (χ1n) is 15.1. The van der Waals surface area contributed by atoms with Crippen LogP contribution in [0.25, 0.3) is 16.8 Å². The van der Waals surface area contributed by atoms with Gasteiger partial charge in [-0.15, -0.1) is 0 Å². The van der Waals surface area contributed by atoms with Crippen molar-refractivity contribution in [2.24, 2.45) is 0 Å². The summed E-state index contributed by atoms with van der Waals surface area (Å²) in [5.74, 6) is -0.246. The van der Waals surface area contributed by atoms with Crippen molar-refractivity contribution >= 4 is 35.4 Å². The number of likely N-dealkylation sites (tertiary alicyclic amines) is 1. The molecule has 1 fully saturated rings. The lowest BCUT2D eigenvalue weighted by Crippen LogP contribution is -2.44. The third-order valence-corrected chi connectivity index (χ3v) is 14.7. The van der Waals surface area contributed by atoms with Crippen LogP contribution in [0.1, 0.15) is 33.6 Å². The number of nitro benzene ring substituents is 1. The molecular formula is C31H39FN6O6SSi. The van der Waals surface area contributed by atoms with E-state index in [9.17, 15) is 18.5 Å². The van der Waals surface area contributed by atoms with E-state index in [0.29, 0.717) is 17.1 Å². The Balaban J connectivity index is 1.27. The molecule has 2 aromatic carbocycles. The minimum Gasteiger partial charge on any atom is -0.474 e. The minimum absolute atomic E-state index is 0.0165. The highest BCUT2D eigenvalue weighted by Crippen LogP contribution is 2.36. The SMILES string of the molecule is CC(C)(C)[Si](C)(C)OCCN1CCC(Oc2ccn3ncc(-c4cc(NS(=O)(=O)c5ccccc5[N+](=O)[O-])ccc4F)c3n2)CC1. The van der Waals surface area contributed by atoms with Crippen LogP contribution in [0.2, 0.25) is 18.1 Å². The molecule has 0 unspecified atom stereocenters. The Morgan fingerprint density at radius 2 is 1.83 bits per heavy atom. The Hall–Kier alpha value is -3.92. The average Bonchev–Trinajstić information content (AvgIpc) is 3.41. The number of para-hydroxylation sites is 1. The maximum Gasteiger partial charge on any atom is 0.289 e. The molecule has 1 saturated heterocycles. The molecule has 0 atom stereocenters. The van der Waals surface area contributed by atoms with Crippen LogP contribution in [0.4, 0.5) is 15.8 Å². The van der Waals surface area contributed by atoms with Crippen molar-refractivity contribution in [2.45, 2.75) is 62.7 Å². The van der Waals surface area contributed by atoms with Gasteiger partial charge in [0, 0.05) is 61.4 Å². The smallest absolute Gasteiger partial charge is 0.289 e. The molecule has 15 heteroatoms. The summed E-state index contributed by atoms with van der Waals surface area (Å²) < 4.78 is 57.6. The first kappa shape index (κ1) is 33.4. The molecule has 0 radical (unpaired) electrons. The minimum atomic E-state index is -4.35. The molecule has 0 aliphatic carbocycles. The van der Waals surface area contributed by atoms with E-state index in [0.717, 1.165) is 57.3 Å². The number of fused-ring (bicyclic) bond motifs is 1. The Bertz CT molecular complexity index is 1840. The predicted molar refractivity (Wildman–Crippen MR) is 176 cm³/mol. The van der Waals surface area contributed by atoms with Gasteiger partial charge < -0.3 is 14.1 Å². The summed E-state index contributed by atoms with van der Waals surface area (Å²) in [5.41, 5.74) is 0.151. The maximum atomic E-state index is 15.1. The molecule has 0 bridgehead atoms. The second kappa shape index (κ2) is 13.1. The topological polar surface area (TPSA) is 141 Å². The number of rotatable bonds is 11. The number of nitrogens with one attached hydrogen (secondary N) is 1. The molecule has 1 aliphatic rings. The van der Waals surface area contributed by atoms with Crippen LogP contribution in [-0.2, 0) is 14.4 Å². The fourth-order valence-corrected chi connectivity index (χ4v) is 7.27. The summed E-state index contributed by atoms with van der Waals surface area (Å²) in [4.78, 5) is 17.1. The molecule has 46 heavy (non-hydrogen) atoms. The summed E-state index contributed by atoms with van der Waals surface area (Å²) in [5, 5.41) is 15.9. The Labute approximate surface area is 268 Å². The molecule has 0 saturated carbocycles. The van der Waals surface area contributed by atoms with Crippen molar-refractivity contribution in [1.82, 2.24) is 19.5 Å². The van der Waals surface area contributed by atoms with E-state index in [1.54, 1.807) is 12.3 Å². The predicted octanol–water partition coefficient (Wildman–Crippen LogP) is 6.11. The van der Waals surface area contributed by atoms with Gasteiger partial charge in [0.15, 0.2) is 18.9 Å². The first-order chi connectivity index (χ1) is 21.6. The Kier molecular flexibility index (Phi) is 9.49. The molecule has 4 aromatic rings. The fourth-order valence-electron chi connectivity index (χ4n) is 5.02. The fraction of sp³-hybridized carbons (Fsp3) is 0.419. The van der Waals surface area contributed by atoms with Crippen LogP contribution in [0.3, 0.4) is 0 Å². The van der Waals surface area contributed by atoms with Crippen LogP contribution in [-0.4, -0.2) is 73.5 Å². The highest BCUT2D eigenvalue weighted by Gasteiger charge is 2.37. The summed E-state index contributed by atoms with van der Waals surface area (Å²) in [6, 6.07) is 10.4. The zero-order valence-electron chi connectivity index (χ0n) is 26.6. The van der Waals surface area contributed by atoms with Gasteiger partial charge in [0.2, 0.25) is 5.88 Å². The normalized spacial score (nSPS) is 15.3. The van der Waals surface area contributed by atoms with Gasteiger partial charge in [0.25, 0.3) is 15.7 Å². The molecule has 3 heterocycles. The van der Waals surface area contributed by atoms with Crippen molar-refractivity contribution in [3.8, 4) is 17.0 Å². The summed E-state index contributed by atoms with van der Waals surface area (Å²) in [6.07, 6.45) is 4.74. The van der Waals surface area contributed by atoms with Crippen molar-refractivity contribution in [3.05, 3.63) is 76.9 Å². The molecule has 1 N–H and O–H groups in total. The number of sulfonamides is 1. The van der Waals surface area contributed by atoms with E-state index in [4.69, 9.17) is 9.16 Å². The van der Waals surface area contributed by atoms with Gasteiger partial charge in [-0.05, 0) is 55.2 Å². The van der Waals surface area contributed by atoms with E-state index in [1.807, 2.05) is 0 Å². The number of hydrogen-bond donors (Lipinski definition) is 1. The van der Waals surface area contributed by atoms with Gasteiger partial charge in [-0.1, -0.05) is 32.9 Å². The van der Waals surface area contributed by atoms with Crippen molar-refractivity contribution < 1.29 is 26.9 Å². The Morgan fingerprint density at radius 1 is 1.11 bits per heavy atom. The highest BCUT2D eigenvalue weighted by atomic mass is 32.2. The quantitative estimate of drug-likeness (QED) is 0.114. The van der Waals surface area contributed by atoms with Crippen molar-refractivity contribution in [1.29, 1.82) is 0 Å². The third-order valence-electron chi connectivity index (χ3n) is 8.70. The number of benzene rings is 2. The number of nitro groups is 1. The second-order valence-electron chi connectivity index (χ2n) is 12.9. The van der Waals surface area contributed by atoms with Crippen molar-refractivity contribution in [3.63, 3.8) is 0 Å². The zero-order chi connectivity index (χ0) is 33.3. The monoisotopic (exact) mass is 670 g/mol. The molecule has 1 aliphatic heterocycles. The van der Waals surface area contributed by atoms with E-state index in [-0.39, 0.29) is 22.4 Å². The molecule has 5 rings (SSSR count). The second-order valence-corrected chi connectivity index (χ2v) is 19.3. The van der Waals surface area contributed by atoms with Crippen LogP contribution >= 0.6 is 0 Å². The number of piperidine rings is 1. The number of anilines is 1. The standard InChI is InChI=1S/C31H39FN6O6SSi/c1-31(2,3)46(4,5)43-19-18-36-15-12-23(13-16-36)44-29-14-17-37-30(34-29)25(21-33-37)24-20-22(10-11-26(24)32)35-45(41,42)28-9-7-6-8-27(28)38(39)40/h6-11,14,17,20-21,23,35H,12-13,15-16,18-19H2,1-5H3. The molecular weight excluding hydrogens is 632 g/mol. The lowest BCUT2D eigenvalue weighted by molar-refractivity contribution is -0.387. The highest BCUT2D eigenvalue weighted by molar-refractivity contribution is 7.92. The molecule has 0 spiro atoms. The van der Waals surface area contributed by atoms with Crippen LogP contribution < -0.4 is 9.46 Å². The van der Waals surface area contributed by atoms with E-state index in [1.165, 1.54) is 35.0 Å². The van der Waals surface area contributed by atoms with Crippen LogP contribution in [0, 0.1) is 15.9 Å². The molecule has 12 nitrogen and oxygen atoms in total. The lowest BCUT2D eigenvalue weighted by Gasteiger charge is -2.37. The summed E-state index contributed by atoms with van der Waals surface area (Å²) in [7, 11) is -6.13. The number of hydrogen-bond acceptors (Lipinski definition) is 9. The summed E-state index contributed by atoms with van der Waals surface area (Å²) in [6.45, 7) is 14.6. The van der Waals surface area contributed by atoms with Gasteiger partial charge in [-0.2, -0.15) is 10.1 Å². The first-order valence-corrected chi connectivity index (χ1v) is 19.5. The van der Waals surface area contributed by atoms with E-state index >= 15 is 4.39 Å². The van der Waals surface area contributed by atoms with Crippen LogP contribution in [0.5, 0.6) is 5.88 Å². The Morgan fingerprint density at radius 3 is 2.52 bits per heavy atom. The largest absolute Gasteiger partial charge is 0.474 e. The van der Waals surface area contributed by atoms with E-state index < -0.39 is 39.7 Å². The maximum absolute atomic E-state index is 15.1. The molecule has 2 aromatic heterocycles. The van der Waals surface area contributed by atoms with Gasteiger partial charge in [-0.3, -0.25) is 14.8 Å². The van der Waals surface area contributed by atoms with E-state index in [2.05, 4.69) is 53.6 Å². The molecule has 246 valence electrons. The molecule has 0 amide bonds. The van der Waals surface area contributed by atoms with Gasteiger partial charge in [-0.25, -0.2) is 17.3 Å². The van der Waals surface area contributed by atoms with Crippen LogP contribution in [0.15, 0.2) is 65.8 Å². The average molecular weight is 671 g/mol. The summed E-state index contributed by atoms with van der Waals surface area (Å²) >= 11 is 0. The number of halogens is 1. The van der Waals surface area contributed by atoms with Gasteiger partial charge >= 0.3 is 0 Å². The zero-order valence-corrected chi connectivity index (χ0v) is 28.4.